The number of nitrogens with zero attached hydrogens (tertiary/aromatic N) is 4. The van der Waals surface area contributed by atoms with Crippen LogP contribution in [0.25, 0.3) is 39.2 Å². The first-order chi connectivity index (χ1) is 33.1. The lowest BCUT2D eigenvalue weighted by atomic mass is 9.95. The largest absolute Gasteiger partial charge is 0.477 e. The molecule has 0 spiro atoms. The Morgan fingerprint density at radius 2 is 1.51 bits per heavy atom. The Hall–Kier alpha value is -6.15. The van der Waals surface area contributed by atoms with Crippen molar-refractivity contribution < 1.29 is 24.2 Å². The van der Waals surface area contributed by atoms with Crippen molar-refractivity contribution in [3.8, 4) is 27.8 Å². The number of hydrogen-bond donors (Lipinski definition) is 2. The minimum Gasteiger partial charge on any atom is -0.477 e. The highest BCUT2D eigenvalue weighted by Crippen LogP contribution is 2.55. The van der Waals surface area contributed by atoms with Gasteiger partial charge in [-0.1, -0.05) is 121 Å². The first kappa shape index (κ1) is 46.9. The van der Waals surface area contributed by atoms with Gasteiger partial charge in [-0.25, -0.2) is 4.79 Å². The molecule has 5 aromatic rings. The van der Waals surface area contributed by atoms with Crippen LogP contribution in [0.15, 0.2) is 112 Å². The number of aliphatic hydroxyl groups is 1. The van der Waals surface area contributed by atoms with E-state index in [-0.39, 0.29) is 11.7 Å². The van der Waals surface area contributed by atoms with Crippen molar-refractivity contribution in [2.45, 2.75) is 123 Å². The molecule has 352 valence electrons. The Bertz CT molecular complexity index is 2810. The van der Waals surface area contributed by atoms with E-state index < -0.39 is 17.8 Å². The fourth-order valence-corrected chi connectivity index (χ4v) is 12.2. The number of nitriles is 1. The first-order valence-corrected chi connectivity index (χ1v) is 25.8. The molecule has 1 fully saturated rings. The van der Waals surface area contributed by atoms with Crippen LogP contribution in [0.1, 0.15) is 132 Å². The van der Waals surface area contributed by atoms with Crippen molar-refractivity contribution in [3.63, 3.8) is 0 Å². The average molecular weight is 929 g/mol. The SMILES string of the molecule is CCCCC(CC)CN1C(=O)C2=C(c3ccc(-c4ccc(C=C(C#N)C(=O)O)o4)cc3)N(CC(CC)CCCC)C(O)C2=C1c1ccc(-c2ccc3c(c2)C2CCCC2N3c2ccc(C)cc2)s1. The van der Waals surface area contributed by atoms with Crippen LogP contribution >= 0.6 is 11.3 Å². The topological polar surface area (TPSA) is 121 Å². The number of aryl methyl sites for hydroxylation is 1. The lowest BCUT2D eigenvalue weighted by molar-refractivity contribution is -0.132. The summed E-state index contributed by atoms with van der Waals surface area (Å²) < 4.78 is 5.98. The number of anilines is 2. The quantitative estimate of drug-likeness (QED) is 0.0620. The summed E-state index contributed by atoms with van der Waals surface area (Å²) in [4.78, 5) is 35.7. The summed E-state index contributed by atoms with van der Waals surface area (Å²) in [6, 6.07) is 33.8. The Labute approximate surface area is 405 Å². The number of aliphatic hydroxyl groups excluding tert-OH is 1. The van der Waals surface area contributed by atoms with Crippen LogP contribution in [0.2, 0.25) is 0 Å². The maximum atomic E-state index is 15.4. The Morgan fingerprint density at radius 3 is 2.19 bits per heavy atom. The molecule has 3 aliphatic heterocycles. The predicted octanol–water partition coefficient (Wildman–Crippen LogP) is 13.8. The van der Waals surface area contributed by atoms with Crippen molar-refractivity contribution in [2.24, 2.45) is 11.8 Å². The van der Waals surface area contributed by atoms with E-state index in [0.717, 1.165) is 83.6 Å². The molecular formula is C58H64N4O5S. The number of benzene rings is 3. The van der Waals surface area contributed by atoms with Crippen LogP contribution in [0.5, 0.6) is 0 Å². The zero-order valence-corrected chi connectivity index (χ0v) is 40.9. The summed E-state index contributed by atoms with van der Waals surface area (Å²) in [5.74, 6) is 0.526. The number of carboxylic acid groups (broad SMARTS) is 1. The van der Waals surface area contributed by atoms with Crippen molar-refractivity contribution in [1.29, 1.82) is 5.26 Å². The van der Waals surface area contributed by atoms with Gasteiger partial charge in [0.1, 0.15) is 23.2 Å². The van der Waals surface area contributed by atoms with E-state index in [0.29, 0.717) is 53.8 Å². The highest BCUT2D eigenvalue weighted by atomic mass is 32.1. The van der Waals surface area contributed by atoms with Crippen LogP contribution in [0, 0.1) is 30.1 Å². The maximum absolute atomic E-state index is 15.4. The molecule has 5 unspecified atom stereocenters. The molecule has 1 saturated carbocycles. The van der Waals surface area contributed by atoms with Crippen LogP contribution in [-0.2, 0) is 9.59 Å². The molecule has 3 aromatic carbocycles. The second-order valence-corrected chi connectivity index (χ2v) is 20.3. The van der Waals surface area contributed by atoms with Gasteiger partial charge in [-0.15, -0.1) is 11.3 Å². The van der Waals surface area contributed by atoms with Crippen molar-refractivity contribution in [3.05, 3.63) is 135 Å². The van der Waals surface area contributed by atoms with E-state index in [2.05, 4.69) is 99.0 Å². The number of carbonyl (C=O) groups excluding carboxylic acids is 1. The van der Waals surface area contributed by atoms with Gasteiger partial charge in [-0.05, 0) is 110 Å². The molecular weight excluding hydrogens is 865 g/mol. The van der Waals surface area contributed by atoms with Gasteiger partial charge in [-0.2, -0.15) is 5.26 Å². The number of furan rings is 1. The number of rotatable bonds is 19. The first-order valence-electron chi connectivity index (χ1n) is 25.0. The number of aliphatic carboxylic acids is 1. The Morgan fingerprint density at radius 1 is 0.838 bits per heavy atom. The summed E-state index contributed by atoms with van der Waals surface area (Å²) in [7, 11) is 0. The molecule has 0 saturated heterocycles. The number of amides is 1. The minimum absolute atomic E-state index is 0.0580. The van der Waals surface area contributed by atoms with Crippen LogP contribution in [0.3, 0.4) is 0 Å². The van der Waals surface area contributed by atoms with Crippen molar-refractivity contribution in [1.82, 2.24) is 9.80 Å². The summed E-state index contributed by atoms with van der Waals surface area (Å²) in [6.07, 6.45) is 12.1. The number of fused-ring (bicyclic) bond motifs is 4. The highest BCUT2D eigenvalue weighted by Gasteiger charge is 2.49. The molecule has 2 N–H and O–H groups in total. The van der Waals surface area contributed by atoms with Gasteiger partial charge in [0.15, 0.2) is 6.23 Å². The second-order valence-electron chi connectivity index (χ2n) is 19.3. The highest BCUT2D eigenvalue weighted by molar-refractivity contribution is 7.16. The molecule has 1 aliphatic carbocycles. The van der Waals surface area contributed by atoms with Crippen molar-refractivity contribution in [2.75, 3.05) is 18.0 Å². The van der Waals surface area contributed by atoms with E-state index in [1.165, 1.54) is 53.4 Å². The number of hydrogen-bond acceptors (Lipinski definition) is 8. The maximum Gasteiger partial charge on any atom is 0.346 e. The molecule has 5 atom stereocenters. The van der Waals surface area contributed by atoms with E-state index >= 15 is 4.79 Å². The monoisotopic (exact) mass is 928 g/mol. The molecule has 4 aliphatic rings. The van der Waals surface area contributed by atoms with E-state index in [9.17, 15) is 20.3 Å². The average Bonchev–Trinajstić information content (AvgIpc) is 4.23. The third kappa shape index (κ3) is 8.87. The summed E-state index contributed by atoms with van der Waals surface area (Å²) >= 11 is 1.72. The van der Waals surface area contributed by atoms with Gasteiger partial charge in [0.05, 0.1) is 21.8 Å². The van der Waals surface area contributed by atoms with Gasteiger partial charge in [0, 0.05) is 58.5 Å². The van der Waals surface area contributed by atoms with Gasteiger partial charge in [-0.3, -0.25) is 4.79 Å². The molecule has 0 radical (unpaired) electrons. The van der Waals surface area contributed by atoms with Gasteiger partial charge < -0.3 is 29.3 Å². The minimum atomic E-state index is -1.32. The van der Waals surface area contributed by atoms with Crippen LogP contribution < -0.4 is 4.90 Å². The number of unbranched alkanes of at least 4 members (excludes halogenated alkanes) is 2. The van der Waals surface area contributed by atoms with Gasteiger partial charge in [0.25, 0.3) is 5.91 Å². The standard InChI is InChI=1S/C58H64N4O5S/c1-6-10-13-37(8-3)34-60-54(40-21-19-39(20-22-40)49-28-26-44(67-49)31-42(33-59)58(65)66)52-53(57(60)64)55(61(56(52)63)35-38(9-4)14-11-7-2)51-30-29-50(68-51)41-23-27-48-46(32-41)45-15-12-16-47(45)62(48)43-24-17-36(5)18-25-43/h17-32,37-38,45,47,57,64H,6-16,34-35H2,1-5H3,(H,65,66). The van der Waals surface area contributed by atoms with Gasteiger partial charge in [0.2, 0.25) is 0 Å². The fourth-order valence-electron chi connectivity index (χ4n) is 11.2. The number of thiophene rings is 1. The summed E-state index contributed by atoms with van der Waals surface area (Å²) in [5.41, 5.74) is 10.5. The van der Waals surface area contributed by atoms with E-state index in [4.69, 9.17) is 4.42 Å². The number of carbonyl (C=O) groups is 2. The molecule has 9 rings (SSSR count). The predicted molar refractivity (Wildman–Crippen MR) is 274 cm³/mol. The molecule has 68 heavy (non-hydrogen) atoms. The molecule has 5 heterocycles. The zero-order valence-electron chi connectivity index (χ0n) is 40.1. The molecule has 2 aromatic heterocycles. The second kappa shape index (κ2) is 20.2. The van der Waals surface area contributed by atoms with Crippen LogP contribution in [-0.4, -0.2) is 57.2 Å². The normalized spacial score (nSPS) is 19.8. The number of carboxylic acids is 1. The Kier molecular flexibility index (Phi) is 14.0. The lowest BCUT2D eigenvalue weighted by Crippen LogP contribution is -2.36. The smallest absolute Gasteiger partial charge is 0.346 e. The van der Waals surface area contributed by atoms with Crippen LogP contribution in [0.4, 0.5) is 11.4 Å². The Balaban J connectivity index is 1.13. The molecule has 10 heteroatoms. The molecule has 1 amide bonds. The van der Waals surface area contributed by atoms with E-state index in [1.807, 2.05) is 29.2 Å². The lowest BCUT2D eigenvalue weighted by Gasteiger charge is -2.33. The van der Waals surface area contributed by atoms with Crippen molar-refractivity contribution >= 4 is 52.1 Å². The molecule has 0 bridgehead atoms. The van der Waals surface area contributed by atoms with Gasteiger partial charge >= 0.3 is 5.97 Å². The molecule has 9 nitrogen and oxygen atoms in total. The summed E-state index contributed by atoms with van der Waals surface area (Å²) in [6.45, 7) is 12.2. The summed E-state index contributed by atoms with van der Waals surface area (Å²) in [5, 5.41) is 31.5. The fraction of sp³-hybridized carbons (Fsp3) is 0.397. The third-order valence-corrected chi connectivity index (χ3v) is 16.1. The van der Waals surface area contributed by atoms with E-state index in [1.54, 1.807) is 29.5 Å². The zero-order chi connectivity index (χ0) is 47.6. The third-order valence-electron chi connectivity index (χ3n) is 15.0.